The Labute approximate surface area is 181 Å². The summed E-state index contributed by atoms with van der Waals surface area (Å²) in [5.74, 6) is 0.957. The zero-order valence-corrected chi connectivity index (χ0v) is 18.8. The van der Waals surface area contributed by atoms with Crippen molar-refractivity contribution >= 4 is 39.0 Å². The van der Waals surface area contributed by atoms with Crippen molar-refractivity contribution in [3.05, 3.63) is 16.2 Å². The predicted octanol–water partition coefficient (Wildman–Crippen LogP) is 2.72. The molecule has 0 atom stereocenters. The molecule has 29 heavy (non-hydrogen) atoms. The maximum absolute atomic E-state index is 6.23. The highest BCUT2D eigenvalue weighted by Gasteiger charge is 2.24. The van der Waals surface area contributed by atoms with Crippen LogP contribution in [0.4, 0.5) is 5.82 Å². The van der Waals surface area contributed by atoms with Gasteiger partial charge >= 0.3 is 0 Å². The van der Waals surface area contributed by atoms with E-state index in [-0.39, 0.29) is 0 Å². The number of ether oxygens (including phenoxy) is 2. The lowest BCUT2D eigenvalue weighted by atomic mass is 10.0. The maximum Gasteiger partial charge on any atom is 0.224 e. The molecule has 160 valence electrons. The lowest BCUT2D eigenvalue weighted by Crippen LogP contribution is -2.43. The van der Waals surface area contributed by atoms with Crippen LogP contribution in [0.3, 0.4) is 0 Å². The van der Waals surface area contributed by atoms with E-state index in [1.54, 1.807) is 18.4 Å². The molecule has 2 aromatic heterocycles. The third-order valence-corrected chi connectivity index (χ3v) is 7.17. The van der Waals surface area contributed by atoms with Gasteiger partial charge in [0.1, 0.15) is 0 Å². The second-order valence-corrected chi connectivity index (χ2v) is 9.30. The third-order valence-electron chi connectivity index (χ3n) is 5.90. The first-order valence-corrected chi connectivity index (χ1v) is 11.5. The van der Waals surface area contributed by atoms with Gasteiger partial charge in [-0.05, 0) is 37.6 Å². The zero-order chi connectivity index (χ0) is 20.2. The smallest absolute Gasteiger partial charge is 0.224 e. The minimum Gasteiger partial charge on any atom is -0.383 e. The quantitative estimate of drug-likeness (QED) is 0.615. The van der Waals surface area contributed by atoms with E-state index in [4.69, 9.17) is 21.1 Å². The van der Waals surface area contributed by atoms with E-state index in [0.29, 0.717) is 11.3 Å². The Morgan fingerprint density at radius 2 is 2.00 bits per heavy atom. The molecular weight excluding hydrogens is 410 g/mol. The Balaban J connectivity index is 1.41. The van der Waals surface area contributed by atoms with Gasteiger partial charge in [0.15, 0.2) is 5.82 Å². The largest absolute Gasteiger partial charge is 0.383 e. The Kier molecular flexibility index (Phi) is 7.21. The highest BCUT2D eigenvalue weighted by molar-refractivity contribution is 7.19. The van der Waals surface area contributed by atoms with Crippen LogP contribution in [0.1, 0.15) is 17.7 Å². The zero-order valence-electron chi connectivity index (χ0n) is 17.3. The van der Waals surface area contributed by atoms with Gasteiger partial charge in [-0.2, -0.15) is 4.98 Å². The van der Waals surface area contributed by atoms with Crippen molar-refractivity contribution in [3.63, 3.8) is 0 Å². The molecule has 2 aliphatic rings. The number of likely N-dealkylation sites (N-methyl/N-ethyl adjacent to an activating group) is 1. The number of methoxy groups -OCH3 is 1. The number of morpholine rings is 1. The fourth-order valence-corrected chi connectivity index (χ4v) is 5.49. The number of hydrogen-bond donors (Lipinski definition) is 0. The maximum atomic E-state index is 6.23. The number of anilines is 1. The molecule has 0 N–H and O–H groups in total. The second-order valence-electron chi connectivity index (χ2n) is 7.82. The third kappa shape index (κ3) is 5.18. The summed E-state index contributed by atoms with van der Waals surface area (Å²) < 4.78 is 11.8. The van der Waals surface area contributed by atoms with Crippen LogP contribution in [0.5, 0.6) is 0 Å². The van der Waals surface area contributed by atoms with Crippen molar-refractivity contribution in [2.45, 2.75) is 25.4 Å². The van der Waals surface area contributed by atoms with Gasteiger partial charge in [0.2, 0.25) is 5.28 Å². The van der Waals surface area contributed by atoms with Gasteiger partial charge in [0.25, 0.3) is 0 Å². The summed E-state index contributed by atoms with van der Waals surface area (Å²) in [6.07, 6.45) is 2.41. The molecule has 0 unspecified atom stereocenters. The first-order chi connectivity index (χ1) is 14.1. The number of nitrogens with zero attached hydrogens (tertiary/aromatic N) is 5. The van der Waals surface area contributed by atoms with Crippen LogP contribution >= 0.6 is 22.9 Å². The molecule has 7 nitrogen and oxygen atoms in total. The van der Waals surface area contributed by atoms with E-state index in [0.717, 1.165) is 75.1 Å². The number of likely N-dealkylation sites (tertiary alicyclic amines) is 1. The Bertz CT molecular complexity index is 806. The summed E-state index contributed by atoms with van der Waals surface area (Å²) in [7, 11) is 3.98. The number of aromatic nitrogens is 2. The summed E-state index contributed by atoms with van der Waals surface area (Å²) in [6, 6.07) is 2.84. The van der Waals surface area contributed by atoms with Crippen LogP contribution < -0.4 is 4.90 Å². The molecule has 2 saturated heterocycles. The first-order valence-electron chi connectivity index (χ1n) is 10.3. The fraction of sp³-hybridized carbons (Fsp3) is 0.700. The molecule has 0 radical (unpaired) electrons. The van der Waals surface area contributed by atoms with Crippen molar-refractivity contribution in [2.24, 2.45) is 0 Å². The van der Waals surface area contributed by atoms with Gasteiger partial charge in [-0.1, -0.05) is 0 Å². The number of thiophene rings is 1. The van der Waals surface area contributed by atoms with Crippen molar-refractivity contribution in [1.29, 1.82) is 0 Å². The molecule has 4 rings (SSSR count). The van der Waals surface area contributed by atoms with E-state index < -0.39 is 0 Å². The summed E-state index contributed by atoms with van der Waals surface area (Å²) in [4.78, 5) is 17.6. The molecule has 0 amide bonds. The van der Waals surface area contributed by atoms with E-state index in [1.807, 2.05) is 0 Å². The van der Waals surface area contributed by atoms with E-state index in [9.17, 15) is 0 Å². The standard InChI is InChI=1S/C20H30ClN5O2S/c1-24(7-10-27-2)15-3-5-25(6-4-15)14-16-13-17-18(29-16)19(23-20(21)22-17)26-8-11-28-12-9-26/h13,15H,3-12,14H2,1-2H3. The van der Waals surface area contributed by atoms with Crippen LogP contribution in [-0.4, -0.2) is 92.5 Å². The SMILES string of the molecule is COCCN(C)C1CCN(Cc2cc3nc(Cl)nc(N4CCOCC4)c3s2)CC1. The van der Waals surface area contributed by atoms with E-state index in [2.05, 4.69) is 37.8 Å². The molecule has 4 heterocycles. The summed E-state index contributed by atoms with van der Waals surface area (Å²) in [5.41, 5.74) is 0.959. The van der Waals surface area contributed by atoms with Gasteiger partial charge in [0.05, 0.1) is 30.0 Å². The number of hydrogen-bond acceptors (Lipinski definition) is 8. The molecule has 0 bridgehead atoms. The Hall–Kier alpha value is -1.03. The molecular formula is C20H30ClN5O2S. The van der Waals surface area contributed by atoms with Crippen molar-refractivity contribution in [3.8, 4) is 0 Å². The van der Waals surface area contributed by atoms with Gasteiger partial charge in [-0.15, -0.1) is 11.3 Å². The van der Waals surface area contributed by atoms with Crippen molar-refractivity contribution < 1.29 is 9.47 Å². The van der Waals surface area contributed by atoms with Gasteiger partial charge in [0, 0.05) is 57.3 Å². The van der Waals surface area contributed by atoms with Crippen LogP contribution in [-0.2, 0) is 16.0 Å². The minimum absolute atomic E-state index is 0.322. The topological polar surface area (TPSA) is 54.0 Å². The van der Waals surface area contributed by atoms with Crippen LogP contribution in [0.2, 0.25) is 5.28 Å². The number of piperidine rings is 1. The van der Waals surface area contributed by atoms with Crippen LogP contribution in [0.15, 0.2) is 6.07 Å². The van der Waals surface area contributed by atoms with Gasteiger partial charge in [-0.25, -0.2) is 4.98 Å². The second kappa shape index (κ2) is 9.85. The fourth-order valence-electron chi connectivity index (χ4n) is 4.16. The van der Waals surface area contributed by atoms with E-state index >= 15 is 0 Å². The molecule has 0 aromatic carbocycles. The molecule has 0 aliphatic carbocycles. The van der Waals surface area contributed by atoms with Crippen LogP contribution in [0.25, 0.3) is 10.2 Å². The molecule has 0 spiro atoms. The molecule has 0 saturated carbocycles. The van der Waals surface area contributed by atoms with Crippen molar-refractivity contribution in [2.75, 3.05) is 71.6 Å². The summed E-state index contributed by atoms with van der Waals surface area (Å²) in [6.45, 7) is 8.17. The number of halogens is 1. The normalized spacial score (nSPS) is 19.5. The van der Waals surface area contributed by atoms with E-state index in [1.165, 1.54) is 17.7 Å². The monoisotopic (exact) mass is 439 g/mol. The first kappa shape index (κ1) is 21.2. The van der Waals surface area contributed by atoms with Crippen molar-refractivity contribution in [1.82, 2.24) is 19.8 Å². The molecule has 2 aliphatic heterocycles. The summed E-state index contributed by atoms with van der Waals surface area (Å²) in [5, 5.41) is 0.322. The molecule has 2 fully saturated rings. The predicted molar refractivity (Wildman–Crippen MR) is 118 cm³/mol. The average Bonchev–Trinajstić information content (AvgIpc) is 3.14. The number of fused-ring (bicyclic) bond motifs is 1. The molecule has 2 aromatic rings. The average molecular weight is 440 g/mol. The lowest BCUT2D eigenvalue weighted by Gasteiger charge is -2.36. The molecule has 9 heteroatoms. The highest BCUT2D eigenvalue weighted by atomic mass is 35.5. The van der Waals surface area contributed by atoms with Crippen LogP contribution in [0, 0.1) is 0 Å². The highest BCUT2D eigenvalue weighted by Crippen LogP contribution is 2.34. The van der Waals surface area contributed by atoms with Gasteiger partial charge in [-0.3, -0.25) is 4.90 Å². The Morgan fingerprint density at radius 3 is 2.72 bits per heavy atom. The van der Waals surface area contributed by atoms with Gasteiger partial charge < -0.3 is 19.3 Å². The number of rotatable bonds is 7. The lowest BCUT2D eigenvalue weighted by molar-refractivity contribution is 0.0948. The Morgan fingerprint density at radius 1 is 1.24 bits per heavy atom. The minimum atomic E-state index is 0.322. The summed E-state index contributed by atoms with van der Waals surface area (Å²) >= 11 is 8.03.